The zero-order valence-corrected chi connectivity index (χ0v) is 6.58. The van der Waals surface area contributed by atoms with Crippen LogP contribution >= 0.6 is 0 Å². The van der Waals surface area contributed by atoms with Gasteiger partial charge in [0.25, 0.3) is 6.47 Å². The Morgan fingerprint density at radius 2 is 2.23 bits per heavy atom. The summed E-state index contributed by atoms with van der Waals surface area (Å²) >= 11 is 0. The maximum atomic E-state index is 11.3. The molecule has 0 aliphatic carbocycles. The minimum atomic E-state index is -1.63. The van der Waals surface area contributed by atoms with Crippen LogP contribution in [0.3, 0.4) is 0 Å². The highest BCUT2D eigenvalue weighted by Crippen LogP contribution is 2.47. The number of nitrogens with zero attached hydrogens (tertiary/aromatic N) is 1. The van der Waals surface area contributed by atoms with Gasteiger partial charge >= 0.3 is 6.23 Å². The molecule has 0 aromatic heterocycles. The molecule has 0 saturated carbocycles. The van der Waals surface area contributed by atoms with E-state index in [0.717, 1.165) is 0 Å². The van der Waals surface area contributed by atoms with Crippen LogP contribution in [0.1, 0.15) is 11.8 Å². The van der Waals surface area contributed by atoms with Crippen LogP contribution in [-0.4, -0.2) is 11.7 Å². The Bertz CT molecular complexity index is 350. The van der Waals surface area contributed by atoms with Gasteiger partial charge in [-0.05, 0) is 6.07 Å². The van der Waals surface area contributed by atoms with E-state index in [-0.39, 0.29) is 12.2 Å². The first-order chi connectivity index (χ1) is 6.18. The molecule has 1 aliphatic rings. The lowest BCUT2D eigenvalue weighted by Gasteiger charge is -2.46. The van der Waals surface area contributed by atoms with Crippen LogP contribution in [0.15, 0.2) is 24.3 Å². The van der Waals surface area contributed by atoms with Crippen molar-refractivity contribution in [3.8, 4) is 0 Å². The lowest BCUT2D eigenvalue weighted by molar-refractivity contribution is -0.197. The number of fused-ring (bicyclic) bond motifs is 1. The molecular formula is C8H7NO4. The Labute approximate surface area is 73.9 Å². The number of ether oxygens (including phenoxy) is 1. The van der Waals surface area contributed by atoms with Crippen molar-refractivity contribution >= 4 is 12.2 Å². The summed E-state index contributed by atoms with van der Waals surface area (Å²) in [5.41, 5.74) is 0.765. The molecule has 2 rings (SSSR count). The monoisotopic (exact) mass is 181 g/mol. The summed E-state index contributed by atoms with van der Waals surface area (Å²) < 4.78 is 4.45. The summed E-state index contributed by atoms with van der Waals surface area (Å²) in [4.78, 5) is 8.39. The number of hydrogen-bond acceptors (Lipinski definition) is 4. The quantitative estimate of drug-likeness (QED) is 0.421. The fourth-order valence-corrected chi connectivity index (χ4v) is 1.45. The molecule has 1 heterocycles. The third kappa shape index (κ3) is 0.951. The number of benzene rings is 1. The van der Waals surface area contributed by atoms with Crippen LogP contribution < -0.4 is 4.81 Å². The third-order valence-electron chi connectivity index (χ3n) is 2.05. The normalized spacial score (nSPS) is 30.2. The SMILES string of the molecule is O=COC1c2ccccc2[N+]1([O-])O. The summed E-state index contributed by atoms with van der Waals surface area (Å²) in [7, 11) is 0. The van der Waals surface area contributed by atoms with E-state index in [1.54, 1.807) is 18.2 Å². The number of quaternary nitrogens is 1. The number of para-hydroxylation sites is 1. The predicted molar refractivity (Wildman–Crippen MR) is 43.3 cm³/mol. The first kappa shape index (κ1) is 8.18. The molecule has 13 heavy (non-hydrogen) atoms. The second-order valence-electron chi connectivity index (χ2n) is 2.77. The second-order valence-corrected chi connectivity index (χ2v) is 2.77. The van der Waals surface area contributed by atoms with E-state index in [9.17, 15) is 15.2 Å². The van der Waals surface area contributed by atoms with Gasteiger partial charge in [-0.1, -0.05) is 12.1 Å². The van der Waals surface area contributed by atoms with E-state index in [1.165, 1.54) is 6.07 Å². The summed E-state index contributed by atoms with van der Waals surface area (Å²) in [5.74, 6) is 0. The maximum absolute atomic E-state index is 11.3. The molecule has 0 saturated heterocycles. The largest absolute Gasteiger partial charge is 0.590 e. The molecule has 1 N–H and O–H groups in total. The summed E-state index contributed by atoms with van der Waals surface area (Å²) in [6.45, 7) is 0.154. The summed E-state index contributed by atoms with van der Waals surface area (Å²) in [6.07, 6.45) is -1.13. The molecular weight excluding hydrogens is 174 g/mol. The van der Waals surface area contributed by atoms with Crippen LogP contribution in [0.2, 0.25) is 0 Å². The molecule has 68 valence electrons. The van der Waals surface area contributed by atoms with Crippen molar-refractivity contribution in [1.82, 2.24) is 4.81 Å². The van der Waals surface area contributed by atoms with Gasteiger partial charge in [-0.15, -0.1) is 4.81 Å². The molecule has 0 spiro atoms. The minimum absolute atomic E-state index is 0.154. The number of hydrogen-bond donors (Lipinski definition) is 1. The fraction of sp³-hybridized carbons (Fsp3) is 0.125. The Morgan fingerprint density at radius 1 is 1.54 bits per heavy atom. The van der Waals surface area contributed by atoms with Crippen molar-refractivity contribution in [3.63, 3.8) is 0 Å². The van der Waals surface area contributed by atoms with Crippen LogP contribution in [-0.2, 0) is 9.53 Å². The van der Waals surface area contributed by atoms with Gasteiger partial charge in [0.1, 0.15) is 5.56 Å². The molecule has 5 heteroatoms. The van der Waals surface area contributed by atoms with Crippen LogP contribution in [0.4, 0.5) is 5.69 Å². The van der Waals surface area contributed by atoms with Gasteiger partial charge in [-0.2, -0.15) is 0 Å². The average molecular weight is 181 g/mol. The minimum Gasteiger partial charge on any atom is -0.590 e. The van der Waals surface area contributed by atoms with Gasteiger partial charge < -0.3 is 9.94 Å². The number of rotatable bonds is 2. The average Bonchev–Trinajstić information content (AvgIpc) is 2.14. The van der Waals surface area contributed by atoms with E-state index in [0.29, 0.717) is 5.56 Å². The van der Waals surface area contributed by atoms with Gasteiger partial charge in [0, 0.05) is 6.07 Å². The molecule has 0 radical (unpaired) electrons. The molecule has 1 aromatic rings. The van der Waals surface area contributed by atoms with Gasteiger partial charge in [-0.3, -0.25) is 4.79 Å². The van der Waals surface area contributed by atoms with E-state index >= 15 is 0 Å². The summed E-state index contributed by atoms with van der Waals surface area (Å²) in [6, 6.07) is 6.47. The number of carbonyl (C=O) groups excluding carboxylic acids is 1. The van der Waals surface area contributed by atoms with Crippen molar-refractivity contribution in [2.75, 3.05) is 0 Å². The Hall–Kier alpha value is -1.43. The highest BCUT2D eigenvalue weighted by molar-refractivity contribution is 5.60. The van der Waals surface area contributed by atoms with Gasteiger partial charge in [-0.25, -0.2) is 5.21 Å². The molecule has 1 aliphatic heterocycles. The van der Waals surface area contributed by atoms with Crippen molar-refractivity contribution in [2.24, 2.45) is 0 Å². The molecule has 0 amide bonds. The van der Waals surface area contributed by atoms with Gasteiger partial charge in [0.05, 0.1) is 0 Å². The lowest BCUT2D eigenvalue weighted by atomic mass is 10.0. The lowest BCUT2D eigenvalue weighted by Crippen LogP contribution is -2.52. The van der Waals surface area contributed by atoms with Crippen LogP contribution in [0.5, 0.6) is 0 Å². The highest BCUT2D eigenvalue weighted by Gasteiger charge is 2.48. The molecule has 5 nitrogen and oxygen atoms in total. The van der Waals surface area contributed by atoms with Crippen LogP contribution in [0.25, 0.3) is 0 Å². The standard InChI is InChI=1S/C8H7NO4/c10-5-13-8-6-3-1-2-4-7(6)9(8,11)12/h1-5,8,11H. The molecule has 0 fully saturated rings. The molecule has 2 unspecified atom stereocenters. The molecule has 2 atom stereocenters. The Balaban J connectivity index is 2.41. The smallest absolute Gasteiger partial charge is 0.303 e. The molecule has 0 bridgehead atoms. The summed E-state index contributed by atoms with van der Waals surface area (Å²) in [5, 5.41) is 20.6. The maximum Gasteiger partial charge on any atom is 0.303 e. The van der Waals surface area contributed by atoms with Crippen molar-refractivity contribution in [1.29, 1.82) is 0 Å². The van der Waals surface area contributed by atoms with Crippen molar-refractivity contribution < 1.29 is 14.7 Å². The highest BCUT2D eigenvalue weighted by atomic mass is 16.9. The Kier molecular flexibility index (Phi) is 1.59. The fourth-order valence-electron chi connectivity index (χ4n) is 1.45. The zero-order valence-electron chi connectivity index (χ0n) is 6.58. The van der Waals surface area contributed by atoms with Crippen molar-refractivity contribution in [2.45, 2.75) is 6.23 Å². The Morgan fingerprint density at radius 3 is 2.92 bits per heavy atom. The first-order valence-electron chi connectivity index (χ1n) is 3.69. The van der Waals surface area contributed by atoms with E-state index in [2.05, 4.69) is 4.74 Å². The second kappa shape index (κ2) is 2.53. The van der Waals surface area contributed by atoms with E-state index in [1.807, 2.05) is 0 Å². The van der Waals surface area contributed by atoms with E-state index < -0.39 is 11.0 Å². The van der Waals surface area contributed by atoms with Crippen LogP contribution in [0, 0.1) is 5.21 Å². The first-order valence-corrected chi connectivity index (χ1v) is 3.69. The van der Waals surface area contributed by atoms with Gasteiger partial charge in [0.15, 0.2) is 5.69 Å². The topological polar surface area (TPSA) is 69.6 Å². The third-order valence-corrected chi connectivity index (χ3v) is 2.05. The van der Waals surface area contributed by atoms with Crippen molar-refractivity contribution in [3.05, 3.63) is 35.0 Å². The molecule has 1 aromatic carbocycles. The predicted octanol–water partition coefficient (Wildman–Crippen LogP) is 1.07. The zero-order chi connectivity index (χ0) is 9.47. The number of carbonyl (C=O) groups is 1. The van der Waals surface area contributed by atoms with Gasteiger partial charge in [0.2, 0.25) is 0 Å². The van der Waals surface area contributed by atoms with E-state index in [4.69, 9.17) is 0 Å². The number of hydroxylamine groups is 2.